The molecule has 0 spiro atoms. The number of hydrogen-bond donors (Lipinski definition) is 1. The number of fused-ring (bicyclic) bond motifs is 1. The van der Waals surface area contributed by atoms with Gasteiger partial charge in [0.1, 0.15) is 0 Å². The molecule has 1 N–H and O–H groups in total. The molecule has 2 saturated heterocycles. The van der Waals surface area contributed by atoms with Gasteiger partial charge in [0.05, 0.1) is 0 Å². The van der Waals surface area contributed by atoms with Gasteiger partial charge in [-0.05, 0) is 49.5 Å². The molecule has 98 valence electrons. The minimum Gasteiger partial charge on any atom is -0.314 e. The molecule has 4 heteroatoms. The molecule has 0 aliphatic carbocycles. The smallest absolute Gasteiger partial charge is 0.0465 e. The second kappa shape index (κ2) is 5.38. The van der Waals surface area contributed by atoms with Gasteiger partial charge < -0.3 is 5.32 Å². The Balaban J connectivity index is 1.66. The Morgan fingerprint density at radius 1 is 1.28 bits per heavy atom. The van der Waals surface area contributed by atoms with Gasteiger partial charge in [-0.3, -0.25) is 4.90 Å². The highest BCUT2D eigenvalue weighted by atomic mass is 35.5. The Bertz CT molecular complexity index is 436. The molecule has 2 atom stereocenters. The van der Waals surface area contributed by atoms with E-state index in [2.05, 4.69) is 10.2 Å². The van der Waals surface area contributed by atoms with Crippen LogP contribution in [0.25, 0.3) is 0 Å². The molecule has 2 unspecified atom stereocenters. The summed E-state index contributed by atoms with van der Waals surface area (Å²) in [6.45, 7) is 4.48. The zero-order chi connectivity index (χ0) is 12.5. The van der Waals surface area contributed by atoms with Crippen LogP contribution in [0.5, 0.6) is 0 Å². The highest BCUT2D eigenvalue weighted by Gasteiger charge is 2.32. The van der Waals surface area contributed by atoms with Gasteiger partial charge in [0.2, 0.25) is 0 Å². The minimum atomic E-state index is 0.711. The van der Waals surface area contributed by atoms with E-state index in [1.54, 1.807) is 0 Å². The van der Waals surface area contributed by atoms with Crippen LogP contribution in [-0.2, 0) is 6.54 Å². The van der Waals surface area contributed by atoms with Crippen molar-refractivity contribution < 1.29 is 0 Å². The van der Waals surface area contributed by atoms with Crippen LogP contribution in [0.15, 0.2) is 18.2 Å². The Morgan fingerprint density at radius 3 is 3.00 bits per heavy atom. The van der Waals surface area contributed by atoms with E-state index in [4.69, 9.17) is 23.2 Å². The lowest BCUT2D eigenvalue weighted by Crippen LogP contribution is -2.43. The van der Waals surface area contributed by atoms with Crippen LogP contribution in [0.4, 0.5) is 0 Å². The van der Waals surface area contributed by atoms with Crippen LogP contribution in [0.2, 0.25) is 10.0 Å². The van der Waals surface area contributed by atoms with Gasteiger partial charge in [-0.15, -0.1) is 0 Å². The van der Waals surface area contributed by atoms with Crippen molar-refractivity contribution in [2.75, 3.05) is 19.6 Å². The van der Waals surface area contributed by atoms with Gasteiger partial charge in [0.15, 0.2) is 0 Å². The fourth-order valence-electron chi connectivity index (χ4n) is 3.16. The third-order valence-electron chi connectivity index (χ3n) is 4.15. The average Bonchev–Trinajstić information content (AvgIpc) is 2.80. The number of piperidine rings is 1. The Labute approximate surface area is 118 Å². The molecule has 2 nitrogen and oxygen atoms in total. The minimum absolute atomic E-state index is 0.711. The summed E-state index contributed by atoms with van der Waals surface area (Å²) in [7, 11) is 0. The molecular weight excluding hydrogens is 267 g/mol. The van der Waals surface area contributed by atoms with E-state index < -0.39 is 0 Å². The summed E-state index contributed by atoms with van der Waals surface area (Å²) in [5.41, 5.74) is 1.19. The Hall–Kier alpha value is -0.280. The fraction of sp³-hybridized carbons (Fsp3) is 0.571. The first-order valence-corrected chi connectivity index (χ1v) is 7.37. The van der Waals surface area contributed by atoms with Crippen LogP contribution in [0.1, 0.15) is 18.4 Å². The summed E-state index contributed by atoms with van der Waals surface area (Å²) >= 11 is 12.2. The maximum Gasteiger partial charge on any atom is 0.0465 e. The monoisotopic (exact) mass is 284 g/mol. The molecule has 2 aliphatic rings. The van der Waals surface area contributed by atoms with E-state index in [1.165, 1.54) is 31.5 Å². The first kappa shape index (κ1) is 12.7. The zero-order valence-corrected chi connectivity index (χ0v) is 11.8. The van der Waals surface area contributed by atoms with Crippen LogP contribution >= 0.6 is 23.2 Å². The van der Waals surface area contributed by atoms with Crippen molar-refractivity contribution in [3.8, 4) is 0 Å². The summed E-state index contributed by atoms with van der Waals surface area (Å²) < 4.78 is 0. The molecule has 0 saturated carbocycles. The number of benzene rings is 1. The van der Waals surface area contributed by atoms with Crippen LogP contribution in [0, 0.1) is 5.92 Å². The van der Waals surface area contributed by atoms with Crippen molar-refractivity contribution in [3.63, 3.8) is 0 Å². The van der Waals surface area contributed by atoms with Crippen LogP contribution in [0.3, 0.4) is 0 Å². The fourth-order valence-corrected chi connectivity index (χ4v) is 3.63. The van der Waals surface area contributed by atoms with Crippen molar-refractivity contribution >= 4 is 23.2 Å². The number of rotatable bonds is 2. The average molecular weight is 285 g/mol. The molecule has 18 heavy (non-hydrogen) atoms. The van der Waals surface area contributed by atoms with Crippen molar-refractivity contribution in [1.29, 1.82) is 0 Å². The van der Waals surface area contributed by atoms with E-state index >= 15 is 0 Å². The van der Waals surface area contributed by atoms with Crippen molar-refractivity contribution in [2.45, 2.75) is 25.4 Å². The van der Waals surface area contributed by atoms with E-state index in [1.807, 2.05) is 18.2 Å². The normalized spacial score (nSPS) is 28.3. The van der Waals surface area contributed by atoms with E-state index in [9.17, 15) is 0 Å². The first-order chi connectivity index (χ1) is 8.72. The molecule has 3 rings (SSSR count). The van der Waals surface area contributed by atoms with Crippen LogP contribution in [-0.4, -0.2) is 30.6 Å². The van der Waals surface area contributed by atoms with E-state index in [0.29, 0.717) is 5.02 Å². The SMILES string of the molecule is Clc1ccc(CN2CCC3NCCC3C2)c(Cl)c1. The molecule has 0 bridgehead atoms. The molecule has 2 fully saturated rings. The second-order valence-electron chi connectivity index (χ2n) is 5.37. The second-order valence-corrected chi connectivity index (χ2v) is 6.21. The highest BCUT2D eigenvalue weighted by Crippen LogP contribution is 2.27. The summed E-state index contributed by atoms with van der Waals surface area (Å²) in [5.74, 6) is 0.824. The van der Waals surface area contributed by atoms with Gasteiger partial charge >= 0.3 is 0 Å². The van der Waals surface area contributed by atoms with Gasteiger partial charge in [-0.2, -0.15) is 0 Å². The van der Waals surface area contributed by atoms with E-state index in [-0.39, 0.29) is 0 Å². The molecule has 2 heterocycles. The lowest BCUT2D eigenvalue weighted by molar-refractivity contribution is 0.156. The topological polar surface area (TPSA) is 15.3 Å². The van der Waals surface area contributed by atoms with Gasteiger partial charge in [0, 0.05) is 29.2 Å². The predicted molar refractivity (Wildman–Crippen MR) is 76.3 cm³/mol. The van der Waals surface area contributed by atoms with E-state index in [0.717, 1.165) is 30.1 Å². The summed E-state index contributed by atoms with van der Waals surface area (Å²) in [5, 5.41) is 5.09. The highest BCUT2D eigenvalue weighted by molar-refractivity contribution is 6.35. The maximum atomic E-state index is 6.24. The first-order valence-electron chi connectivity index (χ1n) is 6.62. The number of nitrogens with zero attached hydrogens (tertiary/aromatic N) is 1. The van der Waals surface area contributed by atoms with Crippen molar-refractivity contribution in [2.24, 2.45) is 5.92 Å². The van der Waals surface area contributed by atoms with Crippen molar-refractivity contribution in [1.82, 2.24) is 10.2 Å². The third-order valence-corrected chi connectivity index (χ3v) is 4.74. The molecule has 0 aromatic heterocycles. The number of likely N-dealkylation sites (tertiary alicyclic amines) is 1. The van der Waals surface area contributed by atoms with Gasteiger partial charge in [-0.1, -0.05) is 29.3 Å². The van der Waals surface area contributed by atoms with Crippen LogP contribution < -0.4 is 5.32 Å². The number of hydrogen-bond acceptors (Lipinski definition) is 2. The van der Waals surface area contributed by atoms with Crippen molar-refractivity contribution in [3.05, 3.63) is 33.8 Å². The quantitative estimate of drug-likeness (QED) is 0.898. The summed E-state index contributed by atoms with van der Waals surface area (Å²) in [6.07, 6.45) is 2.57. The molecule has 0 radical (unpaired) electrons. The third kappa shape index (κ3) is 2.67. The van der Waals surface area contributed by atoms with Gasteiger partial charge in [0.25, 0.3) is 0 Å². The number of halogens is 2. The largest absolute Gasteiger partial charge is 0.314 e. The molecule has 0 amide bonds. The summed E-state index contributed by atoms with van der Waals surface area (Å²) in [6, 6.07) is 6.56. The maximum absolute atomic E-state index is 6.24. The summed E-state index contributed by atoms with van der Waals surface area (Å²) in [4.78, 5) is 2.52. The Kier molecular flexibility index (Phi) is 3.81. The Morgan fingerprint density at radius 2 is 2.17 bits per heavy atom. The zero-order valence-electron chi connectivity index (χ0n) is 10.3. The molecule has 1 aromatic rings. The predicted octanol–water partition coefficient (Wildman–Crippen LogP) is 3.18. The van der Waals surface area contributed by atoms with Gasteiger partial charge in [-0.25, -0.2) is 0 Å². The number of nitrogens with one attached hydrogen (secondary N) is 1. The molecular formula is C14H18Cl2N2. The lowest BCUT2D eigenvalue weighted by Gasteiger charge is -2.35. The molecule has 2 aliphatic heterocycles. The standard InChI is InChI=1S/C14H18Cl2N2/c15-12-2-1-10(13(16)7-12)8-18-6-4-14-11(9-18)3-5-17-14/h1-2,7,11,14,17H,3-6,8-9H2. The molecule has 1 aromatic carbocycles. The lowest BCUT2D eigenvalue weighted by atomic mass is 9.93.